The molecule has 0 unspecified atom stereocenters. The summed E-state index contributed by atoms with van der Waals surface area (Å²) in [5.74, 6) is 1.01. The second kappa shape index (κ2) is 8.88. The van der Waals surface area contributed by atoms with Crippen molar-refractivity contribution < 1.29 is 8.42 Å². The number of aryl methyl sites for hydroxylation is 1. The second-order valence-corrected chi connectivity index (χ2v) is 10.3. The summed E-state index contributed by atoms with van der Waals surface area (Å²) in [4.78, 5) is 14.7. The van der Waals surface area contributed by atoms with Gasteiger partial charge in [-0.3, -0.25) is 4.79 Å². The van der Waals surface area contributed by atoms with Crippen LogP contribution < -0.4 is 10.5 Å². The minimum absolute atomic E-state index is 0.205. The zero-order valence-corrected chi connectivity index (χ0v) is 19.4. The number of anilines is 1. The van der Waals surface area contributed by atoms with Crippen LogP contribution >= 0.6 is 0 Å². The zero-order chi connectivity index (χ0) is 22.9. The minimum Gasteiger partial charge on any atom is -0.353 e. The summed E-state index contributed by atoms with van der Waals surface area (Å²) in [6, 6.07) is 17.9. The number of hydrogen-bond donors (Lipinski definition) is 0. The Labute approximate surface area is 189 Å². The van der Waals surface area contributed by atoms with Gasteiger partial charge in [0, 0.05) is 32.2 Å². The molecule has 8 heteroatoms. The molecule has 1 aliphatic rings. The van der Waals surface area contributed by atoms with Crippen LogP contribution in [-0.2, 0) is 10.0 Å². The maximum Gasteiger partial charge on any atom is 0.271 e. The van der Waals surface area contributed by atoms with Gasteiger partial charge < -0.3 is 4.90 Å². The van der Waals surface area contributed by atoms with Gasteiger partial charge in [0.15, 0.2) is 0 Å². The third kappa shape index (κ3) is 4.47. The number of piperazine rings is 1. The Bertz CT molecular complexity index is 1240. The van der Waals surface area contributed by atoms with Crippen LogP contribution in [0.25, 0.3) is 5.69 Å². The Kier molecular flexibility index (Phi) is 6.17. The topological polar surface area (TPSA) is 75.5 Å². The molecule has 1 aliphatic heterocycles. The van der Waals surface area contributed by atoms with Gasteiger partial charge in [-0.05, 0) is 48.7 Å². The molecule has 0 spiro atoms. The van der Waals surface area contributed by atoms with Gasteiger partial charge in [-0.15, -0.1) is 5.10 Å². The maximum atomic E-state index is 13.1. The summed E-state index contributed by atoms with van der Waals surface area (Å²) < 4.78 is 29.0. The van der Waals surface area contributed by atoms with E-state index in [1.54, 1.807) is 18.2 Å². The molecule has 0 radical (unpaired) electrons. The third-order valence-corrected chi connectivity index (χ3v) is 7.72. The third-order valence-electron chi connectivity index (χ3n) is 5.81. The van der Waals surface area contributed by atoms with Crippen molar-refractivity contribution in [2.45, 2.75) is 31.6 Å². The number of sulfonamides is 1. The molecule has 2 heterocycles. The van der Waals surface area contributed by atoms with Crippen molar-refractivity contribution in [2.75, 3.05) is 31.1 Å². The number of benzene rings is 2. The Hall–Kier alpha value is -2.97. The molecule has 0 atom stereocenters. The van der Waals surface area contributed by atoms with Crippen molar-refractivity contribution in [3.05, 3.63) is 82.1 Å². The highest BCUT2D eigenvalue weighted by atomic mass is 32.2. The van der Waals surface area contributed by atoms with E-state index in [-0.39, 0.29) is 5.56 Å². The van der Waals surface area contributed by atoms with E-state index in [2.05, 4.69) is 18.9 Å². The molecule has 0 N–H and O–H groups in total. The second-order valence-electron chi connectivity index (χ2n) is 8.39. The molecule has 7 nitrogen and oxygen atoms in total. The first-order valence-electron chi connectivity index (χ1n) is 10.8. The lowest BCUT2D eigenvalue weighted by molar-refractivity contribution is 0.383. The molecule has 4 rings (SSSR count). The molecule has 2 aromatic carbocycles. The normalized spacial score (nSPS) is 15.3. The van der Waals surface area contributed by atoms with Gasteiger partial charge in [0.05, 0.1) is 10.6 Å². The lowest BCUT2D eigenvalue weighted by atomic mass is 10.0. The van der Waals surface area contributed by atoms with E-state index in [9.17, 15) is 13.2 Å². The number of hydrogen-bond acceptors (Lipinski definition) is 5. The average molecular weight is 453 g/mol. The van der Waals surface area contributed by atoms with Gasteiger partial charge in [-0.25, -0.2) is 8.42 Å². The molecule has 1 saturated heterocycles. The molecule has 168 valence electrons. The maximum absolute atomic E-state index is 13.1. The van der Waals surface area contributed by atoms with Crippen molar-refractivity contribution >= 4 is 15.8 Å². The SMILES string of the molecule is Cc1ccc(-n2nc(N3CCN(S(=O)(=O)c4ccc(C(C)C)cc4)CC3)ccc2=O)cc1. The fourth-order valence-electron chi connectivity index (χ4n) is 3.77. The van der Waals surface area contributed by atoms with E-state index < -0.39 is 10.0 Å². The van der Waals surface area contributed by atoms with Crippen LogP contribution in [0.4, 0.5) is 5.82 Å². The van der Waals surface area contributed by atoms with Crippen LogP contribution in [0.3, 0.4) is 0 Å². The molecule has 0 bridgehead atoms. The van der Waals surface area contributed by atoms with Gasteiger partial charge in [0.25, 0.3) is 5.56 Å². The van der Waals surface area contributed by atoms with E-state index in [4.69, 9.17) is 0 Å². The molecule has 32 heavy (non-hydrogen) atoms. The molecular weight excluding hydrogens is 424 g/mol. The number of nitrogens with zero attached hydrogens (tertiary/aromatic N) is 4. The van der Waals surface area contributed by atoms with Crippen LogP contribution in [0, 0.1) is 6.92 Å². The Balaban J connectivity index is 1.49. The van der Waals surface area contributed by atoms with Crippen LogP contribution in [0.2, 0.25) is 0 Å². The van der Waals surface area contributed by atoms with Gasteiger partial charge in [-0.1, -0.05) is 43.7 Å². The van der Waals surface area contributed by atoms with Crippen molar-refractivity contribution in [2.24, 2.45) is 0 Å². The molecule has 1 fully saturated rings. The van der Waals surface area contributed by atoms with E-state index in [1.807, 2.05) is 48.2 Å². The lowest BCUT2D eigenvalue weighted by Crippen LogP contribution is -2.49. The summed E-state index contributed by atoms with van der Waals surface area (Å²) in [5, 5.41) is 4.53. The number of aromatic nitrogens is 2. The summed E-state index contributed by atoms with van der Waals surface area (Å²) in [6.45, 7) is 7.88. The zero-order valence-electron chi connectivity index (χ0n) is 18.6. The fourth-order valence-corrected chi connectivity index (χ4v) is 5.19. The summed E-state index contributed by atoms with van der Waals surface area (Å²) in [6.07, 6.45) is 0. The summed E-state index contributed by atoms with van der Waals surface area (Å²) in [7, 11) is -3.54. The predicted octanol–water partition coefficient (Wildman–Crippen LogP) is 3.18. The molecule has 3 aromatic rings. The monoisotopic (exact) mass is 452 g/mol. The van der Waals surface area contributed by atoms with Crippen molar-refractivity contribution in [1.82, 2.24) is 14.1 Å². The van der Waals surface area contributed by atoms with Crippen LogP contribution in [-0.4, -0.2) is 48.7 Å². The fraction of sp³-hybridized carbons (Fsp3) is 0.333. The molecule has 0 aliphatic carbocycles. The highest BCUT2D eigenvalue weighted by Gasteiger charge is 2.29. The first-order valence-corrected chi connectivity index (χ1v) is 12.2. The molecule has 1 aromatic heterocycles. The quantitative estimate of drug-likeness (QED) is 0.594. The van der Waals surface area contributed by atoms with Crippen LogP contribution in [0.1, 0.15) is 30.9 Å². The summed E-state index contributed by atoms with van der Waals surface area (Å²) in [5.41, 5.74) is 2.72. The first kappa shape index (κ1) is 22.2. The van der Waals surface area contributed by atoms with Gasteiger partial charge >= 0.3 is 0 Å². The first-order chi connectivity index (χ1) is 15.3. The Morgan fingerprint density at radius 1 is 0.844 bits per heavy atom. The van der Waals surface area contributed by atoms with Crippen molar-refractivity contribution in [3.8, 4) is 5.69 Å². The molecular formula is C24H28N4O3S. The average Bonchev–Trinajstić information content (AvgIpc) is 2.80. The van der Waals surface area contributed by atoms with E-state index >= 15 is 0 Å². The minimum atomic E-state index is -3.54. The van der Waals surface area contributed by atoms with Crippen LogP contribution in [0.5, 0.6) is 0 Å². The predicted molar refractivity (Wildman–Crippen MR) is 126 cm³/mol. The van der Waals surface area contributed by atoms with E-state index in [0.717, 1.165) is 11.1 Å². The van der Waals surface area contributed by atoms with Gasteiger partial charge in [0.2, 0.25) is 10.0 Å². The Morgan fingerprint density at radius 2 is 1.47 bits per heavy atom. The lowest BCUT2D eigenvalue weighted by Gasteiger charge is -2.34. The highest BCUT2D eigenvalue weighted by Crippen LogP contribution is 2.22. The largest absolute Gasteiger partial charge is 0.353 e. The smallest absolute Gasteiger partial charge is 0.271 e. The van der Waals surface area contributed by atoms with Gasteiger partial charge in [-0.2, -0.15) is 8.99 Å². The summed E-state index contributed by atoms with van der Waals surface area (Å²) >= 11 is 0. The molecule has 0 saturated carbocycles. The highest BCUT2D eigenvalue weighted by molar-refractivity contribution is 7.89. The Morgan fingerprint density at radius 3 is 2.06 bits per heavy atom. The molecule has 0 amide bonds. The van der Waals surface area contributed by atoms with Crippen molar-refractivity contribution in [1.29, 1.82) is 0 Å². The van der Waals surface area contributed by atoms with Crippen molar-refractivity contribution in [3.63, 3.8) is 0 Å². The van der Waals surface area contributed by atoms with Gasteiger partial charge in [0.1, 0.15) is 5.82 Å². The standard InChI is InChI=1S/C24H28N4O3S/c1-18(2)20-6-10-22(11-7-20)32(30,31)27-16-14-26(15-17-27)23-12-13-24(29)28(25-23)21-8-4-19(3)5-9-21/h4-13,18H,14-17H2,1-3H3. The van der Waals surface area contributed by atoms with Crippen LogP contribution in [0.15, 0.2) is 70.4 Å². The number of rotatable bonds is 5. The van der Waals surface area contributed by atoms with E-state index in [0.29, 0.717) is 48.5 Å². The van der Waals surface area contributed by atoms with E-state index in [1.165, 1.54) is 15.1 Å².